The number of halogens is 2. The van der Waals surface area contributed by atoms with Gasteiger partial charge < -0.3 is 11.1 Å². The molecule has 1 amide bonds. The van der Waals surface area contributed by atoms with E-state index in [0.717, 1.165) is 0 Å². The summed E-state index contributed by atoms with van der Waals surface area (Å²) < 4.78 is 13.4. The smallest absolute Gasteiger partial charge is 0.221 e. The average molecular weight is 261 g/mol. The van der Waals surface area contributed by atoms with E-state index in [1.807, 2.05) is 0 Å². The quantitative estimate of drug-likeness (QED) is 0.855. The van der Waals surface area contributed by atoms with Crippen molar-refractivity contribution in [1.29, 1.82) is 0 Å². The molecule has 0 saturated heterocycles. The molecule has 0 heterocycles. The molecular formula is C9H10BrFN2O. The van der Waals surface area contributed by atoms with Crippen molar-refractivity contribution >= 4 is 27.5 Å². The number of nitrogens with two attached hydrogens (primary N) is 1. The van der Waals surface area contributed by atoms with Crippen LogP contribution in [0.1, 0.15) is 12.5 Å². The summed E-state index contributed by atoms with van der Waals surface area (Å²) in [5.74, 6) is -0.674. The van der Waals surface area contributed by atoms with E-state index in [0.29, 0.717) is 15.7 Å². The van der Waals surface area contributed by atoms with Gasteiger partial charge in [0.1, 0.15) is 5.82 Å². The largest absolute Gasteiger partial charge is 0.326 e. The average Bonchev–Trinajstić information content (AvgIpc) is 2.10. The summed E-state index contributed by atoms with van der Waals surface area (Å²) in [6, 6.07) is 2.80. The minimum atomic E-state index is -0.425. The summed E-state index contributed by atoms with van der Waals surface area (Å²) in [5, 5.41) is 2.51. The van der Waals surface area contributed by atoms with Crippen LogP contribution < -0.4 is 11.1 Å². The second-order valence-electron chi connectivity index (χ2n) is 2.81. The Morgan fingerprint density at radius 3 is 2.79 bits per heavy atom. The summed E-state index contributed by atoms with van der Waals surface area (Å²) in [5.41, 5.74) is 6.56. The van der Waals surface area contributed by atoms with Gasteiger partial charge in [0, 0.05) is 19.2 Å². The zero-order valence-corrected chi connectivity index (χ0v) is 9.19. The van der Waals surface area contributed by atoms with Crippen LogP contribution in [0.25, 0.3) is 0 Å². The van der Waals surface area contributed by atoms with Crippen molar-refractivity contribution in [2.24, 2.45) is 5.73 Å². The van der Waals surface area contributed by atoms with E-state index in [9.17, 15) is 9.18 Å². The van der Waals surface area contributed by atoms with Crippen molar-refractivity contribution in [2.45, 2.75) is 13.5 Å². The topological polar surface area (TPSA) is 55.1 Å². The summed E-state index contributed by atoms with van der Waals surface area (Å²) in [4.78, 5) is 10.8. The van der Waals surface area contributed by atoms with E-state index in [-0.39, 0.29) is 12.5 Å². The maximum atomic E-state index is 13.1. The highest BCUT2D eigenvalue weighted by Crippen LogP contribution is 2.24. The zero-order valence-electron chi connectivity index (χ0n) is 7.60. The molecule has 0 aliphatic carbocycles. The number of carbonyl (C=O) groups excluding carboxylic acids is 1. The van der Waals surface area contributed by atoms with Crippen molar-refractivity contribution in [3.63, 3.8) is 0 Å². The molecule has 0 bridgehead atoms. The van der Waals surface area contributed by atoms with Crippen molar-refractivity contribution < 1.29 is 9.18 Å². The van der Waals surface area contributed by atoms with Gasteiger partial charge in [0.2, 0.25) is 5.91 Å². The number of benzene rings is 1. The van der Waals surface area contributed by atoms with Crippen molar-refractivity contribution in [1.82, 2.24) is 0 Å². The SMILES string of the molecule is CC(=O)Nc1cc(F)c(Br)cc1CN. The number of hydrogen-bond acceptors (Lipinski definition) is 2. The first-order valence-corrected chi connectivity index (χ1v) is 4.79. The van der Waals surface area contributed by atoms with Gasteiger partial charge in [-0.3, -0.25) is 4.79 Å². The normalized spacial score (nSPS) is 10.0. The fraction of sp³-hybridized carbons (Fsp3) is 0.222. The lowest BCUT2D eigenvalue weighted by atomic mass is 10.1. The third-order valence-corrected chi connectivity index (χ3v) is 2.28. The van der Waals surface area contributed by atoms with Crippen molar-refractivity contribution in [3.05, 3.63) is 28.0 Å². The van der Waals surface area contributed by atoms with Crippen LogP contribution in [-0.4, -0.2) is 5.91 Å². The van der Waals surface area contributed by atoms with Gasteiger partial charge in [-0.2, -0.15) is 0 Å². The molecule has 0 fully saturated rings. The first-order chi connectivity index (χ1) is 6.54. The van der Waals surface area contributed by atoms with Crippen LogP contribution in [0.5, 0.6) is 0 Å². The molecule has 76 valence electrons. The minimum Gasteiger partial charge on any atom is -0.326 e. The molecule has 0 spiro atoms. The third kappa shape index (κ3) is 2.52. The second-order valence-corrected chi connectivity index (χ2v) is 3.66. The maximum Gasteiger partial charge on any atom is 0.221 e. The highest BCUT2D eigenvalue weighted by Gasteiger charge is 2.07. The van der Waals surface area contributed by atoms with Gasteiger partial charge in [-0.05, 0) is 33.6 Å². The van der Waals surface area contributed by atoms with Gasteiger partial charge in [-0.15, -0.1) is 0 Å². The van der Waals surface area contributed by atoms with Crippen LogP contribution in [0.15, 0.2) is 16.6 Å². The Morgan fingerprint density at radius 1 is 1.64 bits per heavy atom. The third-order valence-electron chi connectivity index (χ3n) is 1.68. The molecule has 1 rings (SSSR count). The molecule has 14 heavy (non-hydrogen) atoms. The second kappa shape index (κ2) is 4.52. The van der Waals surface area contributed by atoms with E-state index in [2.05, 4.69) is 21.2 Å². The Balaban J connectivity index is 3.13. The summed E-state index contributed by atoms with van der Waals surface area (Å²) in [6.45, 7) is 1.61. The highest BCUT2D eigenvalue weighted by atomic mass is 79.9. The standard InChI is InChI=1S/C9H10BrFN2O/c1-5(14)13-9-3-8(11)7(10)2-6(9)4-12/h2-3H,4,12H2,1H3,(H,13,14). The molecule has 3 N–H and O–H groups in total. The van der Waals surface area contributed by atoms with Crippen LogP contribution >= 0.6 is 15.9 Å². The fourth-order valence-electron chi connectivity index (χ4n) is 1.06. The summed E-state index contributed by atoms with van der Waals surface area (Å²) in [7, 11) is 0. The fourth-order valence-corrected chi connectivity index (χ4v) is 1.45. The molecule has 3 nitrogen and oxygen atoms in total. The Kier molecular flexibility index (Phi) is 3.60. The van der Waals surface area contributed by atoms with Crippen molar-refractivity contribution in [2.75, 3.05) is 5.32 Å². The highest BCUT2D eigenvalue weighted by molar-refractivity contribution is 9.10. The lowest BCUT2D eigenvalue weighted by Gasteiger charge is -2.09. The molecule has 0 aromatic heterocycles. The van der Waals surface area contributed by atoms with Gasteiger partial charge >= 0.3 is 0 Å². The molecule has 0 unspecified atom stereocenters. The van der Waals surface area contributed by atoms with Crippen LogP contribution in [0.2, 0.25) is 0 Å². The van der Waals surface area contributed by atoms with Gasteiger partial charge in [-0.1, -0.05) is 0 Å². The molecular weight excluding hydrogens is 251 g/mol. The Morgan fingerprint density at radius 2 is 2.29 bits per heavy atom. The van der Waals surface area contributed by atoms with E-state index in [1.54, 1.807) is 6.07 Å². The molecule has 1 aromatic rings. The van der Waals surface area contributed by atoms with E-state index < -0.39 is 5.82 Å². The Labute approximate surface area is 89.6 Å². The number of amides is 1. The maximum absolute atomic E-state index is 13.1. The van der Waals surface area contributed by atoms with Crippen LogP contribution in [-0.2, 0) is 11.3 Å². The number of anilines is 1. The molecule has 0 aliphatic rings. The van der Waals surface area contributed by atoms with Gasteiger partial charge in [0.15, 0.2) is 0 Å². The van der Waals surface area contributed by atoms with Crippen LogP contribution in [0.3, 0.4) is 0 Å². The predicted octanol–water partition coefficient (Wildman–Crippen LogP) is 2.01. The van der Waals surface area contributed by atoms with Crippen LogP contribution in [0, 0.1) is 5.82 Å². The predicted molar refractivity (Wildman–Crippen MR) is 56.3 cm³/mol. The number of hydrogen-bond donors (Lipinski definition) is 2. The zero-order chi connectivity index (χ0) is 10.7. The molecule has 0 saturated carbocycles. The van der Waals surface area contributed by atoms with E-state index in [1.165, 1.54) is 13.0 Å². The van der Waals surface area contributed by atoms with Crippen molar-refractivity contribution in [3.8, 4) is 0 Å². The number of rotatable bonds is 2. The van der Waals surface area contributed by atoms with Gasteiger partial charge in [0.05, 0.1) is 4.47 Å². The first-order valence-electron chi connectivity index (χ1n) is 4.00. The molecule has 0 atom stereocenters. The van der Waals surface area contributed by atoms with E-state index in [4.69, 9.17) is 5.73 Å². The minimum absolute atomic E-state index is 0.245. The van der Waals surface area contributed by atoms with Gasteiger partial charge in [0.25, 0.3) is 0 Å². The lowest BCUT2D eigenvalue weighted by Crippen LogP contribution is -2.10. The first kappa shape index (κ1) is 11.1. The molecule has 5 heteroatoms. The lowest BCUT2D eigenvalue weighted by molar-refractivity contribution is -0.114. The number of carbonyl (C=O) groups is 1. The van der Waals surface area contributed by atoms with E-state index >= 15 is 0 Å². The summed E-state index contributed by atoms with van der Waals surface area (Å²) in [6.07, 6.45) is 0. The molecule has 1 aromatic carbocycles. The number of nitrogens with one attached hydrogen (secondary N) is 1. The van der Waals surface area contributed by atoms with Gasteiger partial charge in [-0.25, -0.2) is 4.39 Å². The molecule has 0 radical (unpaired) electrons. The van der Waals surface area contributed by atoms with Crippen LogP contribution in [0.4, 0.5) is 10.1 Å². The summed E-state index contributed by atoms with van der Waals surface area (Å²) >= 11 is 3.04. The Bertz CT molecular complexity index is 368. The Hall–Kier alpha value is -0.940. The monoisotopic (exact) mass is 260 g/mol. The molecule has 0 aliphatic heterocycles.